The zero-order valence-corrected chi connectivity index (χ0v) is 8.74. The molecule has 0 unspecified atom stereocenters. The smallest absolute Gasteiger partial charge is 0.160 e. The molecule has 0 radical (unpaired) electrons. The minimum atomic E-state index is 0.811. The van der Waals surface area contributed by atoms with E-state index >= 15 is 0 Å². The lowest BCUT2D eigenvalue weighted by molar-refractivity contribution is 0.341. The quantitative estimate of drug-likeness (QED) is 0.503. The van der Waals surface area contributed by atoms with Crippen LogP contribution in [0.3, 0.4) is 0 Å². The Kier molecular flexibility index (Phi) is 6.60. The van der Waals surface area contributed by atoms with Gasteiger partial charge in [-0.25, -0.2) is 0 Å². The molecule has 1 rings (SSSR count). The van der Waals surface area contributed by atoms with E-state index in [1.165, 1.54) is 0 Å². The highest BCUT2D eigenvalue weighted by Gasteiger charge is 1.94. The fourth-order valence-electron chi connectivity index (χ4n) is 0.768. The van der Waals surface area contributed by atoms with Gasteiger partial charge in [-0.2, -0.15) is 0 Å². The van der Waals surface area contributed by atoms with E-state index in [1.54, 1.807) is 6.21 Å². The molecule has 2 nitrogen and oxygen atoms in total. The first-order valence-corrected chi connectivity index (χ1v) is 4.55. The molecule has 0 amide bonds. The minimum Gasteiger partial charge on any atom is -0.357 e. The number of aryl methyl sites for hydroxylation is 1. The van der Waals surface area contributed by atoms with Crippen LogP contribution in [0, 0.1) is 6.92 Å². The summed E-state index contributed by atoms with van der Waals surface area (Å²) in [7, 11) is 0. The Bertz CT molecular complexity index is 256. The van der Waals surface area contributed by atoms with Crippen molar-refractivity contribution in [2.45, 2.75) is 27.7 Å². The first kappa shape index (κ1) is 11.7. The molecule has 0 N–H and O–H groups in total. The van der Waals surface area contributed by atoms with Gasteiger partial charge in [0.15, 0.2) is 5.75 Å². The molecule has 0 aromatic heterocycles. The van der Waals surface area contributed by atoms with Crippen molar-refractivity contribution < 1.29 is 4.84 Å². The van der Waals surface area contributed by atoms with Crippen molar-refractivity contribution in [1.82, 2.24) is 0 Å². The summed E-state index contributed by atoms with van der Waals surface area (Å²) in [4.78, 5) is 5.06. The lowest BCUT2D eigenvalue weighted by Crippen LogP contribution is -1.85. The monoisotopic (exact) mass is 179 g/mol. The topological polar surface area (TPSA) is 21.6 Å². The highest BCUT2D eigenvalue weighted by atomic mass is 16.6. The van der Waals surface area contributed by atoms with Crippen LogP contribution in [-0.4, -0.2) is 6.21 Å². The van der Waals surface area contributed by atoms with Gasteiger partial charge in [-0.05, 0) is 25.5 Å². The van der Waals surface area contributed by atoms with Crippen molar-refractivity contribution in [3.63, 3.8) is 0 Å². The van der Waals surface area contributed by atoms with Crippen LogP contribution in [-0.2, 0) is 0 Å². The van der Waals surface area contributed by atoms with E-state index in [0.29, 0.717) is 0 Å². The molecule has 0 heterocycles. The third-order valence-corrected chi connectivity index (χ3v) is 1.35. The highest BCUT2D eigenvalue weighted by molar-refractivity contribution is 5.52. The summed E-state index contributed by atoms with van der Waals surface area (Å²) in [5.74, 6) is 0.811. The van der Waals surface area contributed by atoms with Crippen LogP contribution in [0.1, 0.15) is 26.3 Å². The number of rotatable bonds is 2. The largest absolute Gasteiger partial charge is 0.357 e. The van der Waals surface area contributed by atoms with Gasteiger partial charge in [0.1, 0.15) is 0 Å². The molecule has 0 bridgehead atoms. The molecule has 1 aromatic rings. The minimum absolute atomic E-state index is 0.811. The number of oxime groups is 1. The van der Waals surface area contributed by atoms with E-state index in [4.69, 9.17) is 4.84 Å². The number of nitrogens with zero attached hydrogens (tertiary/aromatic N) is 1. The first-order valence-electron chi connectivity index (χ1n) is 4.55. The Morgan fingerprint density at radius 3 is 2.38 bits per heavy atom. The maximum Gasteiger partial charge on any atom is 0.160 e. The lowest BCUT2D eigenvalue weighted by atomic mass is 10.2. The maximum atomic E-state index is 5.06. The second-order valence-corrected chi connectivity index (χ2v) is 2.22. The molecule has 0 saturated heterocycles. The van der Waals surface area contributed by atoms with Gasteiger partial charge in [0.2, 0.25) is 0 Å². The van der Waals surface area contributed by atoms with Gasteiger partial charge in [0, 0.05) is 6.21 Å². The predicted molar refractivity (Wildman–Crippen MR) is 57.3 cm³/mol. The number of para-hydroxylation sites is 1. The number of benzene rings is 1. The van der Waals surface area contributed by atoms with Crippen molar-refractivity contribution in [3.8, 4) is 5.75 Å². The third-order valence-electron chi connectivity index (χ3n) is 1.35. The number of hydrogen-bond acceptors (Lipinski definition) is 2. The van der Waals surface area contributed by atoms with Gasteiger partial charge in [0.05, 0.1) is 0 Å². The molecular formula is C11H17NO. The molecular weight excluding hydrogens is 162 g/mol. The predicted octanol–water partition coefficient (Wildman–Crippen LogP) is 3.41. The standard InChI is InChI=1S/C9H11NO.C2H6/c1-3-10-11-9-7-5-4-6-8(9)2;1-2/h3-7H,1-2H3;1-2H3/b10-3-;. The molecule has 1 aromatic carbocycles. The molecule has 72 valence electrons. The molecule has 0 atom stereocenters. The van der Waals surface area contributed by atoms with E-state index in [0.717, 1.165) is 11.3 Å². The summed E-state index contributed by atoms with van der Waals surface area (Å²) in [6.45, 7) is 7.80. The zero-order valence-electron chi connectivity index (χ0n) is 8.74. The SMILES string of the molecule is C/C=N\Oc1ccccc1C.CC. The normalized spacial score (nSPS) is 9.23. The fourth-order valence-corrected chi connectivity index (χ4v) is 0.768. The maximum absolute atomic E-state index is 5.06. The summed E-state index contributed by atoms with van der Waals surface area (Å²) in [6.07, 6.45) is 1.62. The number of hydrogen-bond donors (Lipinski definition) is 0. The molecule has 0 fully saturated rings. The molecule has 0 aliphatic carbocycles. The van der Waals surface area contributed by atoms with Crippen molar-refractivity contribution >= 4 is 6.21 Å². The molecule has 13 heavy (non-hydrogen) atoms. The van der Waals surface area contributed by atoms with Gasteiger partial charge >= 0.3 is 0 Å². The Hall–Kier alpha value is -1.31. The average Bonchev–Trinajstić information content (AvgIpc) is 2.20. The Morgan fingerprint density at radius 2 is 1.85 bits per heavy atom. The summed E-state index contributed by atoms with van der Waals surface area (Å²) >= 11 is 0. The van der Waals surface area contributed by atoms with Crippen LogP contribution in [0.5, 0.6) is 5.75 Å². The molecule has 0 aliphatic heterocycles. The van der Waals surface area contributed by atoms with E-state index in [2.05, 4.69) is 5.16 Å². The summed E-state index contributed by atoms with van der Waals surface area (Å²) in [6, 6.07) is 7.77. The lowest BCUT2D eigenvalue weighted by Gasteiger charge is -1.99. The Labute approximate surface area is 80.2 Å². The zero-order chi connectivity index (χ0) is 10.1. The Balaban J connectivity index is 0.000000671. The van der Waals surface area contributed by atoms with Crippen LogP contribution in [0.25, 0.3) is 0 Å². The van der Waals surface area contributed by atoms with Crippen LogP contribution in [0.4, 0.5) is 0 Å². The van der Waals surface area contributed by atoms with Crippen molar-refractivity contribution in [1.29, 1.82) is 0 Å². The average molecular weight is 179 g/mol. The Morgan fingerprint density at radius 1 is 1.23 bits per heavy atom. The van der Waals surface area contributed by atoms with E-state index in [1.807, 2.05) is 52.0 Å². The van der Waals surface area contributed by atoms with Gasteiger partial charge in [-0.15, -0.1) is 0 Å². The van der Waals surface area contributed by atoms with Gasteiger partial charge in [-0.1, -0.05) is 37.2 Å². The first-order chi connectivity index (χ1) is 6.34. The highest BCUT2D eigenvalue weighted by Crippen LogP contribution is 2.15. The second kappa shape index (κ2) is 7.35. The molecule has 0 spiro atoms. The molecule has 0 saturated carbocycles. The van der Waals surface area contributed by atoms with E-state index in [-0.39, 0.29) is 0 Å². The van der Waals surface area contributed by atoms with Crippen LogP contribution >= 0.6 is 0 Å². The van der Waals surface area contributed by atoms with Crippen molar-refractivity contribution in [2.24, 2.45) is 5.16 Å². The van der Waals surface area contributed by atoms with E-state index < -0.39 is 0 Å². The van der Waals surface area contributed by atoms with Gasteiger partial charge < -0.3 is 4.84 Å². The molecule has 2 heteroatoms. The summed E-state index contributed by atoms with van der Waals surface area (Å²) < 4.78 is 0. The fraction of sp³-hybridized carbons (Fsp3) is 0.364. The van der Waals surface area contributed by atoms with Crippen LogP contribution in [0.2, 0.25) is 0 Å². The molecule has 0 aliphatic rings. The van der Waals surface area contributed by atoms with Gasteiger partial charge in [0.25, 0.3) is 0 Å². The third kappa shape index (κ3) is 4.31. The van der Waals surface area contributed by atoms with Gasteiger partial charge in [-0.3, -0.25) is 0 Å². The summed E-state index contributed by atoms with van der Waals surface area (Å²) in [5, 5.41) is 3.68. The second-order valence-electron chi connectivity index (χ2n) is 2.22. The van der Waals surface area contributed by atoms with E-state index in [9.17, 15) is 0 Å². The van der Waals surface area contributed by atoms with Crippen molar-refractivity contribution in [3.05, 3.63) is 29.8 Å². The van der Waals surface area contributed by atoms with Crippen molar-refractivity contribution in [2.75, 3.05) is 0 Å². The summed E-state index contributed by atoms with van der Waals surface area (Å²) in [5.41, 5.74) is 1.10. The van der Waals surface area contributed by atoms with Crippen LogP contribution in [0.15, 0.2) is 29.4 Å². The van der Waals surface area contributed by atoms with Crippen LogP contribution < -0.4 is 4.84 Å².